The molecule has 0 aliphatic carbocycles. The van der Waals surface area contributed by atoms with Crippen LogP contribution < -0.4 is 5.32 Å². The van der Waals surface area contributed by atoms with Crippen molar-refractivity contribution >= 4 is 5.91 Å². The number of carbonyl (C=O) groups excluding carboxylic acids is 1. The van der Waals surface area contributed by atoms with Gasteiger partial charge in [0.15, 0.2) is 0 Å². The number of nitrogens with zero attached hydrogens (tertiary/aromatic N) is 2. The number of aliphatic hydroxyl groups excluding tert-OH is 1. The van der Waals surface area contributed by atoms with Crippen molar-refractivity contribution in [2.45, 2.75) is 25.8 Å². The number of hydrogen-bond acceptors (Lipinski definition) is 5. The summed E-state index contributed by atoms with van der Waals surface area (Å²) < 4.78 is 5.08. The van der Waals surface area contributed by atoms with Crippen LogP contribution in [0.4, 0.5) is 0 Å². The molecule has 6 heteroatoms. The van der Waals surface area contributed by atoms with E-state index in [-0.39, 0.29) is 18.6 Å². The molecule has 6 nitrogen and oxygen atoms in total. The van der Waals surface area contributed by atoms with Crippen molar-refractivity contribution in [1.29, 1.82) is 0 Å². The van der Waals surface area contributed by atoms with E-state index < -0.39 is 0 Å². The molecule has 0 aliphatic rings. The fourth-order valence-electron chi connectivity index (χ4n) is 1.84. The van der Waals surface area contributed by atoms with Crippen LogP contribution in [0.2, 0.25) is 0 Å². The summed E-state index contributed by atoms with van der Waals surface area (Å²) in [5, 5.41) is 19.0. The predicted octanol–water partition coefficient (Wildman–Crippen LogP) is 1.63. The first kappa shape index (κ1) is 14.2. The molecule has 1 amide bonds. The van der Waals surface area contributed by atoms with Gasteiger partial charge in [-0.15, -0.1) is 10.2 Å². The van der Waals surface area contributed by atoms with Gasteiger partial charge in [-0.3, -0.25) is 4.79 Å². The SMILES string of the molecule is CC(CCCO)NC(=O)c1ccc(-c2nnco2)cc1. The van der Waals surface area contributed by atoms with Crippen molar-refractivity contribution in [3.63, 3.8) is 0 Å². The first-order valence-electron chi connectivity index (χ1n) is 6.49. The molecule has 2 aromatic rings. The third-order valence-corrected chi connectivity index (χ3v) is 2.93. The Morgan fingerprint density at radius 3 is 2.75 bits per heavy atom. The Kier molecular flexibility index (Phi) is 4.84. The first-order chi connectivity index (χ1) is 9.70. The number of hydrogen-bond donors (Lipinski definition) is 2. The van der Waals surface area contributed by atoms with Gasteiger partial charge in [-0.05, 0) is 44.0 Å². The van der Waals surface area contributed by atoms with Gasteiger partial charge >= 0.3 is 0 Å². The molecule has 2 rings (SSSR count). The Hall–Kier alpha value is -2.21. The van der Waals surface area contributed by atoms with Crippen molar-refractivity contribution in [1.82, 2.24) is 15.5 Å². The Balaban J connectivity index is 1.97. The Morgan fingerprint density at radius 2 is 2.15 bits per heavy atom. The number of benzene rings is 1. The molecule has 0 radical (unpaired) electrons. The van der Waals surface area contributed by atoms with Crippen molar-refractivity contribution < 1.29 is 14.3 Å². The molecule has 20 heavy (non-hydrogen) atoms. The molecule has 0 fully saturated rings. The molecule has 1 aromatic heterocycles. The van der Waals surface area contributed by atoms with Crippen LogP contribution >= 0.6 is 0 Å². The van der Waals surface area contributed by atoms with E-state index >= 15 is 0 Å². The average Bonchev–Trinajstić information content (AvgIpc) is 2.99. The molecule has 0 aliphatic heterocycles. The molecule has 1 unspecified atom stereocenters. The zero-order valence-corrected chi connectivity index (χ0v) is 11.2. The molecule has 0 saturated carbocycles. The lowest BCUT2D eigenvalue weighted by Crippen LogP contribution is -2.32. The van der Waals surface area contributed by atoms with Gasteiger partial charge in [0, 0.05) is 23.8 Å². The van der Waals surface area contributed by atoms with Gasteiger partial charge in [-0.25, -0.2) is 0 Å². The monoisotopic (exact) mass is 275 g/mol. The second-order valence-electron chi connectivity index (χ2n) is 4.56. The zero-order valence-electron chi connectivity index (χ0n) is 11.2. The van der Waals surface area contributed by atoms with Gasteiger partial charge in [0.25, 0.3) is 5.91 Å². The fraction of sp³-hybridized carbons (Fsp3) is 0.357. The topological polar surface area (TPSA) is 88.2 Å². The van der Waals surface area contributed by atoms with Crippen LogP contribution in [0.15, 0.2) is 35.1 Å². The summed E-state index contributed by atoms with van der Waals surface area (Å²) in [5.41, 5.74) is 1.34. The Morgan fingerprint density at radius 1 is 1.40 bits per heavy atom. The van der Waals surface area contributed by atoms with Gasteiger partial charge in [-0.1, -0.05) is 0 Å². The standard InChI is InChI=1S/C14H17N3O3/c1-10(3-2-8-18)16-13(19)11-4-6-12(7-5-11)14-17-15-9-20-14/h4-7,9-10,18H,2-3,8H2,1H3,(H,16,19). The lowest BCUT2D eigenvalue weighted by Gasteiger charge is -2.13. The van der Waals surface area contributed by atoms with Crippen molar-refractivity contribution in [3.8, 4) is 11.5 Å². The highest BCUT2D eigenvalue weighted by atomic mass is 16.4. The summed E-state index contributed by atoms with van der Waals surface area (Å²) in [5.74, 6) is 0.292. The smallest absolute Gasteiger partial charge is 0.251 e. The van der Waals surface area contributed by atoms with Crippen LogP contribution in [0, 0.1) is 0 Å². The molecule has 0 spiro atoms. The lowest BCUT2D eigenvalue weighted by molar-refractivity contribution is 0.0936. The number of rotatable bonds is 6. The molecule has 0 saturated heterocycles. The summed E-state index contributed by atoms with van der Waals surface area (Å²) in [6.07, 6.45) is 2.69. The largest absolute Gasteiger partial charge is 0.423 e. The summed E-state index contributed by atoms with van der Waals surface area (Å²) in [4.78, 5) is 12.0. The summed E-state index contributed by atoms with van der Waals surface area (Å²) in [7, 11) is 0. The maximum absolute atomic E-state index is 12.0. The summed E-state index contributed by atoms with van der Waals surface area (Å²) >= 11 is 0. The molecular formula is C14H17N3O3. The van der Waals surface area contributed by atoms with Crippen LogP contribution in [0.3, 0.4) is 0 Å². The lowest BCUT2D eigenvalue weighted by atomic mass is 10.1. The third kappa shape index (κ3) is 3.64. The van der Waals surface area contributed by atoms with Crippen LogP contribution in [0.25, 0.3) is 11.5 Å². The number of aliphatic hydroxyl groups is 1. The highest BCUT2D eigenvalue weighted by Gasteiger charge is 2.10. The molecule has 0 bridgehead atoms. The Labute approximate surface area is 116 Å². The number of amides is 1. The number of carbonyl (C=O) groups is 1. The van der Waals surface area contributed by atoms with Crippen LogP contribution in [0.1, 0.15) is 30.1 Å². The molecular weight excluding hydrogens is 258 g/mol. The molecule has 106 valence electrons. The first-order valence-corrected chi connectivity index (χ1v) is 6.49. The summed E-state index contributed by atoms with van der Waals surface area (Å²) in [6, 6.07) is 6.99. The van der Waals surface area contributed by atoms with Crippen LogP contribution in [-0.4, -0.2) is 33.9 Å². The minimum absolute atomic E-state index is 0.0327. The Bertz CT molecular complexity index is 537. The van der Waals surface area contributed by atoms with Crippen molar-refractivity contribution in [3.05, 3.63) is 36.2 Å². The van der Waals surface area contributed by atoms with Crippen molar-refractivity contribution in [2.75, 3.05) is 6.61 Å². The second kappa shape index (κ2) is 6.81. The highest BCUT2D eigenvalue weighted by Crippen LogP contribution is 2.16. The zero-order chi connectivity index (χ0) is 14.4. The van der Waals surface area contributed by atoms with Crippen LogP contribution in [-0.2, 0) is 0 Å². The van der Waals surface area contributed by atoms with Gasteiger partial charge in [0.2, 0.25) is 12.3 Å². The molecule has 2 N–H and O–H groups in total. The fourth-order valence-corrected chi connectivity index (χ4v) is 1.84. The third-order valence-electron chi connectivity index (χ3n) is 2.93. The maximum atomic E-state index is 12.0. The summed E-state index contributed by atoms with van der Waals surface area (Å²) in [6.45, 7) is 2.06. The van der Waals surface area contributed by atoms with Gasteiger partial charge in [0.05, 0.1) is 0 Å². The number of aromatic nitrogens is 2. The number of nitrogens with one attached hydrogen (secondary N) is 1. The van der Waals surface area contributed by atoms with Gasteiger partial charge < -0.3 is 14.8 Å². The minimum atomic E-state index is -0.132. The van der Waals surface area contributed by atoms with E-state index in [1.807, 2.05) is 6.92 Å². The van der Waals surface area contributed by atoms with E-state index in [1.165, 1.54) is 6.39 Å². The van der Waals surface area contributed by atoms with Gasteiger partial charge in [0.1, 0.15) is 0 Å². The quantitative estimate of drug-likeness (QED) is 0.836. The highest BCUT2D eigenvalue weighted by molar-refractivity contribution is 5.94. The predicted molar refractivity (Wildman–Crippen MR) is 73.0 cm³/mol. The van der Waals surface area contributed by atoms with E-state index in [9.17, 15) is 4.79 Å². The molecule has 1 aromatic carbocycles. The van der Waals surface area contributed by atoms with Crippen molar-refractivity contribution in [2.24, 2.45) is 0 Å². The van der Waals surface area contributed by atoms with E-state index in [0.29, 0.717) is 17.9 Å². The second-order valence-corrected chi connectivity index (χ2v) is 4.56. The maximum Gasteiger partial charge on any atom is 0.251 e. The molecule has 1 atom stereocenters. The van der Waals surface area contributed by atoms with Crippen LogP contribution in [0.5, 0.6) is 0 Å². The van der Waals surface area contributed by atoms with Gasteiger partial charge in [-0.2, -0.15) is 0 Å². The van der Waals surface area contributed by atoms with E-state index in [4.69, 9.17) is 9.52 Å². The van der Waals surface area contributed by atoms with E-state index in [0.717, 1.165) is 12.0 Å². The van der Waals surface area contributed by atoms with E-state index in [2.05, 4.69) is 15.5 Å². The van der Waals surface area contributed by atoms with E-state index in [1.54, 1.807) is 24.3 Å². The molecule has 1 heterocycles. The normalized spacial score (nSPS) is 12.1. The minimum Gasteiger partial charge on any atom is -0.423 e. The average molecular weight is 275 g/mol.